The number of nitrogens with one attached hydrogen (secondary N) is 2. The SMILES string of the molecule is Cc1ccc(-c2nc(CNC(=O)/C=C/c3cc(F)cc(F)c3)cc3c2[nH]c2ccccc23)cc1. The largest absolute Gasteiger partial charge is 0.353 e. The van der Waals surface area contributed by atoms with Crippen LogP contribution in [0.25, 0.3) is 39.1 Å². The Kier molecular flexibility index (Phi) is 5.64. The van der Waals surface area contributed by atoms with Gasteiger partial charge in [-0.15, -0.1) is 0 Å². The van der Waals surface area contributed by atoms with Gasteiger partial charge in [0.15, 0.2) is 0 Å². The van der Waals surface area contributed by atoms with Crippen LogP contribution in [-0.2, 0) is 11.3 Å². The smallest absolute Gasteiger partial charge is 0.244 e. The van der Waals surface area contributed by atoms with Crippen molar-refractivity contribution in [2.24, 2.45) is 0 Å². The molecule has 1 amide bonds. The minimum absolute atomic E-state index is 0.203. The van der Waals surface area contributed by atoms with Crippen LogP contribution in [0, 0.1) is 18.6 Å². The third-order valence-corrected chi connectivity index (χ3v) is 5.63. The number of nitrogens with zero attached hydrogens (tertiary/aromatic N) is 1. The summed E-state index contributed by atoms with van der Waals surface area (Å²) in [6.45, 7) is 2.24. The molecule has 0 fully saturated rings. The molecule has 2 aromatic heterocycles. The zero-order valence-electron chi connectivity index (χ0n) is 18.4. The maximum atomic E-state index is 13.3. The lowest BCUT2D eigenvalue weighted by atomic mass is 10.1. The standard InChI is InChI=1S/C28H21F2N3O/c1-17-6-9-19(10-7-17)27-28-24(23-4-2-3-5-25(23)33-28)15-22(32-27)16-31-26(34)11-8-18-12-20(29)14-21(30)13-18/h2-15,33H,16H2,1H3,(H,31,34)/b11-8+. The number of pyridine rings is 1. The van der Waals surface area contributed by atoms with Crippen LogP contribution in [0.1, 0.15) is 16.8 Å². The second kappa shape index (κ2) is 8.90. The Labute approximate surface area is 195 Å². The molecule has 0 saturated heterocycles. The molecule has 0 atom stereocenters. The minimum atomic E-state index is -0.695. The Bertz CT molecular complexity index is 1530. The van der Waals surface area contributed by atoms with Gasteiger partial charge in [0.1, 0.15) is 11.6 Å². The van der Waals surface area contributed by atoms with Crippen molar-refractivity contribution in [1.82, 2.24) is 15.3 Å². The highest BCUT2D eigenvalue weighted by molar-refractivity contribution is 6.11. The number of carbonyl (C=O) groups is 1. The Hall–Kier alpha value is -4.32. The molecule has 2 N–H and O–H groups in total. The van der Waals surface area contributed by atoms with Crippen molar-refractivity contribution >= 4 is 33.8 Å². The van der Waals surface area contributed by atoms with Crippen molar-refractivity contribution < 1.29 is 13.6 Å². The van der Waals surface area contributed by atoms with E-state index in [9.17, 15) is 13.6 Å². The van der Waals surface area contributed by atoms with Gasteiger partial charge >= 0.3 is 0 Å². The molecule has 0 aliphatic heterocycles. The van der Waals surface area contributed by atoms with Gasteiger partial charge < -0.3 is 10.3 Å². The minimum Gasteiger partial charge on any atom is -0.353 e. The van der Waals surface area contributed by atoms with Gasteiger partial charge in [0.05, 0.1) is 23.4 Å². The Morgan fingerprint density at radius 3 is 2.47 bits per heavy atom. The molecule has 34 heavy (non-hydrogen) atoms. The highest BCUT2D eigenvalue weighted by atomic mass is 19.1. The van der Waals surface area contributed by atoms with E-state index in [1.54, 1.807) is 0 Å². The number of halogens is 2. The van der Waals surface area contributed by atoms with Gasteiger partial charge in [-0.1, -0.05) is 48.0 Å². The molecule has 4 nitrogen and oxygen atoms in total. The van der Waals surface area contributed by atoms with Crippen molar-refractivity contribution in [3.8, 4) is 11.3 Å². The topological polar surface area (TPSA) is 57.8 Å². The van der Waals surface area contributed by atoms with Crippen LogP contribution in [0.5, 0.6) is 0 Å². The first-order valence-corrected chi connectivity index (χ1v) is 10.9. The van der Waals surface area contributed by atoms with Gasteiger partial charge in [-0.2, -0.15) is 0 Å². The molecule has 0 saturated carbocycles. The highest BCUT2D eigenvalue weighted by Gasteiger charge is 2.14. The number of aromatic nitrogens is 2. The van der Waals surface area contributed by atoms with Crippen LogP contribution < -0.4 is 5.32 Å². The molecule has 2 heterocycles. The van der Waals surface area contributed by atoms with Crippen LogP contribution in [0.2, 0.25) is 0 Å². The summed E-state index contributed by atoms with van der Waals surface area (Å²) in [6, 6.07) is 21.3. The fourth-order valence-electron chi connectivity index (χ4n) is 3.99. The Morgan fingerprint density at radius 2 is 1.71 bits per heavy atom. The lowest BCUT2D eigenvalue weighted by Crippen LogP contribution is -2.21. The second-order valence-electron chi connectivity index (χ2n) is 8.18. The molecule has 0 aliphatic rings. The van der Waals surface area contributed by atoms with Gasteiger partial charge in [-0.25, -0.2) is 13.8 Å². The van der Waals surface area contributed by atoms with Crippen molar-refractivity contribution in [2.45, 2.75) is 13.5 Å². The molecular weight excluding hydrogens is 432 g/mol. The van der Waals surface area contributed by atoms with Crippen molar-refractivity contribution in [2.75, 3.05) is 0 Å². The maximum absolute atomic E-state index is 13.3. The zero-order valence-corrected chi connectivity index (χ0v) is 18.4. The second-order valence-corrected chi connectivity index (χ2v) is 8.18. The predicted molar refractivity (Wildman–Crippen MR) is 131 cm³/mol. The third kappa shape index (κ3) is 4.43. The van der Waals surface area contributed by atoms with E-state index in [0.29, 0.717) is 5.69 Å². The van der Waals surface area contributed by atoms with Gasteiger partial charge in [0.2, 0.25) is 5.91 Å². The highest BCUT2D eigenvalue weighted by Crippen LogP contribution is 2.32. The molecule has 5 rings (SSSR count). The lowest BCUT2D eigenvalue weighted by molar-refractivity contribution is -0.116. The monoisotopic (exact) mass is 453 g/mol. The summed E-state index contributed by atoms with van der Waals surface area (Å²) in [6.07, 6.45) is 2.62. The van der Waals surface area contributed by atoms with E-state index in [4.69, 9.17) is 4.98 Å². The first-order valence-electron chi connectivity index (χ1n) is 10.9. The normalized spacial score (nSPS) is 11.5. The number of hydrogen-bond acceptors (Lipinski definition) is 2. The molecule has 6 heteroatoms. The predicted octanol–water partition coefficient (Wildman–Crippen LogP) is 6.30. The van der Waals surface area contributed by atoms with Gasteiger partial charge in [-0.05, 0) is 42.8 Å². The number of fused-ring (bicyclic) bond motifs is 3. The molecule has 0 unspecified atom stereocenters. The van der Waals surface area contributed by atoms with Crippen LogP contribution >= 0.6 is 0 Å². The molecule has 0 aliphatic carbocycles. The van der Waals surface area contributed by atoms with E-state index in [2.05, 4.69) is 16.4 Å². The maximum Gasteiger partial charge on any atom is 0.244 e. The quantitative estimate of drug-likeness (QED) is 0.307. The lowest BCUT2D eigenvalue weighted by Gasteiger charge is -2.08. The van der Waals surface area contributed by atoms with Crippen LogP contribution in [-0.4, -0.2) is 15.9 Å². The number of rotatable bonds is 5. The van der Waals surface area contributed by atoms with E-state index >= 15 is 0 Å². The number of para-hydroxylation sites is 1. The summed E-state index contributed by atoms with van der Waals surface area (Å²) in [4.78, 5) is 20.7. The number of aromatic amines is 1. The number of aryl methyl sites for hydroxylation is 1. The molecule has 5 aromatic rings. The fourth-order valence-corrected chi connectivity index (χ4v) is 3.99. The summed E-state index contributed by atoms with van der Waals surface area (Å²) < 4.78 is 26.7. The number of carbonyl (C=O) groups excluding carboxylic acids is 1. The average molecular weight is 453 g/mol. The molecule has 0 radical (unpaired) electrons. The number of benzene rings is 3. The molecular formula is C28H21F2N3O. The third-order valence-electron chi connectivity index (χ3n) is 5.63. The molecule has 0 bridgehead atoms. The average Bonchev–Trinajstić information content (AvgIpc) is 3.19. The van der Waals surface area contributed by atoms with Crippen molar-refractivity contribution in [1.29, 1.82) is 0 Å². The first kappa shape index (κ1) is 21.5. The first-order chi connectivity index (χ1) is 16.5. The van der Waals surface area contributed by atoms with Crippen LogP contribution in [0.4, 0.5) is 8.78 Å². The van der Waals surface area contributed by atoms with E-state index in [0.717, 1.165) is 56.8 Å². The summed E-state index contributed by atoms with van der Waals surface area (Å²) >= 11 is 0. The van der Waals surface area contributed by atoms with Crippen LogP contribution in [0.15, 0.2) is 78.9 Å². The number of amides is 1. The zero-order chi connectivity index (χ0) is 23.7. The van der Waals surface area contributed by atoms with E-state index in [-0.39, 0.29) is 18.0 Å². The van der Waals surface area contributed by atoms with E-state index < -0.39 is 11.6 Å². The fraction of sp³-hybridized carbons (Fsp3) is 0.0714. The van der Waals surface area contributed by atoms with Gasteiger partial charge in [0.25, 0.3) is 0 Å². The van der Waals surface area contributed by atoms with Gasteiger partial charge in [0, 0.05) is 34.0 Å². The summed E-state index contributed by atoms with van der Waals surface area (Å²) in [5, 5.41) is 4.91. The van der Waals surface area contributed by atoms with Gasteiger partial charge in [-0.3, -0.25) is 4.79 Å². The summed E-state index contributed by atoms with van der Waals surface area (Å²) in [5.74, 6) is -1.78. The van der Waals surface area contributed by atoms with Crippen molar-refractivity contribution in [3.63, 3.8) is 0 Å². The summed E-state index contributed by atoms with van der Waals surface area (Å²) in [5.41, 5.74) is 5.86. The molecule has 3 aromatic carbocycles. The number of hydrogen-bond donors (Lipinski definition) is 2. The summed E-state index contributed by atoms with van der Waals surface area (Å²) in [7, 11) is 0. The Morgan fingerprint density at radius 1 is 0.971 bits per heavy atom. The molecule has 168 valence electrons. The number of H-pyrrole nitrogens is 1. The van der Waals surface area contributed by atoms with Crippen LogP contribution in [0.3, 0.4) is 0 Å². The van der Waals surface area contributed by atoms with E-state index in [1.165, 1.54) is 12.2 Å². The van der Waals surface area contributed by atoms with E-state index in [1.807, 2.05) is 55.5 Å². The molecule has 0 spiro atoms. The Balaban J connectivity index is 1.46. The van der Waals surface area contributed by atoms with Crippen molar-refractivity contribution in [3.05, 3.63) is 107 Å².